The average Bonchev–Trinajstić information content (AvgIpc) is 3.92. The van der Waals surface area contributed by atoms with Crippen LogP contribution < -0.4 is 24.8 Å². The van der Waals surface area contributed by atoms with Crippen LogP contribution in [-0.4, -0.2) is 94.2 Å². The molecule has 0 saturated carbocycles. The minimum Gasteiger partial charge on any atom is -0.489 e. The van der Waals surface area contributed by atoms with Gasteiger partial charge in [-0.3, -0.25) is 43.9 Å². The number of amides is 6. The van der Waals surface area contributed by atoms with Gasteiger partial charge in [0.05, 0.1) is 40.6 Å². The SMILES string of the molecule is CC1(C)C(=O)N(c2ccc(C#N)c(C(F)(F)F)c2)C(=S)N1c1ccc(-c2ccc(O[C@H]3CCN(C(=O)C4CCN(c5ccc6c(c5)C(=O)N(C5CCC(=O)NC5=O)C6=O)CC4)C3)cc2)cc1. The number of thiocarbonyl (C=S) groups is 1. The highest BCUT2D eigenvalue weighted by Gasteiger charge is 2.51. The second-order valence-electron chi connectivity index (χ2n) is 17.5. The zero-order valence-corrected chi connectivity index (χ0v) is 36.6. The normalized spacial score (nSPS) is 21.1. The topological polar surface area (TPSA) is 164 Å². The van der Waals surface area contributed by atoms with Crippen LogP contribution >= 0.6 is 12.2 Å². The number of piperidine rings is 2. The maximum absolute atomic E-state index is 13.8. The molecule has 5 heterocycles. The largest absolute Gasteiger partial charge is 0.489 e. The van der Waals surface area contributed by atoms with E-state index in [4.69, 9.17) is 17.0 Å². The third-order valence-electron chi connectivity index (χ3n) is 13.1. The van der Waals surface area contributed by atoms with Gasteiger partial charge in [0.25, 0.3) is 17.7 Å². The van der Waals surface area contributed by atoms with E-state index in [1.165, 1.54) is 6.07 Å². The van der Waals surface area contributed by atoms with Crippen LogP contribution in [-0.2, 0) is 25.4 Å². The Hall–Kier alpha value is -7.13. The first-order valence-electron chi connectivity index (χ1n) is 21.5. The average molecular weight is 918 g/mol. The smallest absolute Gasteiger partial charge is 0.417 e. The Bertz CT molecular complexity index is 2770. The molecular formula is C48H42F3N7O7S. The molecule has 0 aliphatic carbocycles. The van der Waals surface area contributed by atoms with Gasteiger partial charge in [0.2, 0.25) is 17.7 Å². The summed E-state index contributed by atoms with van der Waals surface area (Å²) in [5.41, 5.74) is 0.477. The van der Waals surface area contributed by atoms with Crippen molar-refractivity contribution in [2.45, 2.75) is 69.8 Å². The lowest BCUT2D eigenvalue weighted by Crippen LogP contribution is -2.54. The molecule has 4 fully saturated rings. The van der Waals surface area contributed by atoms with Crippen molar-refractivity contribution in [3.8, 4) is 22.9 Å². The van der Waals surface area contributed by atoms with E-state index in [9.17, 15) is 47.2 Å². The Morgan fingerprint density at radius 2 is 1.44 bits per heavy atom. The van der Waals surface area contributed by atoms with Crippen LogP contribution in [0.25, 0.3) is 11.1 Å². The molecule has 1 unspecified atom stereocenters. The van der Waals surface area contributed by atoms with Crippen molar-refractivity contribution in [3.63, 3.8) is 0 Å². The number of ether oxygens (including phenoxy) is 1. The van der Waals surface area contributed by atoms with Crippen LogP contribution in [0.2, 0.25) is 0 Å². The van der Waals surface area contributed by atoms with Crippen molar-refractivity contribution >= 4 is 69.8 Å². The van der Waals surface area contributed by atoms with Crippen molar-refractivity contribution in [1.82, 2.24) is 15.1 Å². The van der Waals surface area contributed by atoms with Crippen molar-refractivity contribution in [2.24, 2.45) is 5.92 Å². The van der Waals surface area contributed by atoms with E-state index in [1.807, 2.05) is 41.3 Å². The number of rotatable bonds is 8. The highest BCUT2D eigenvalue weighted by Crippen LogP contribution is 2.41. The first-order chi connectivity index (χ1) is 31.4. The van der Waals surface area contributed by atoms with Gasteiger partial charge in [0.15, 0.2) is 5.11 Å². The lowest BCUT2D eigenvalue weighted by Gasteiger charge is -2.34. The number of nitrogens with zero attached hydrogens (tertiary/aromatic N) is 6. The first kappa shape index (κ1) is 44.1. The second-order valence-corrected chi connectivity index (χ2v) is 17.8. The number of hydrogen-bond donors (Lipinski definition) is 1. The Morgan fingerprint density at radius 3 is 2.09 bits per heavy atom. The monoisotopic (exact) mass is 917 g/mol. The van der Waals surface area contributed by atoms with E-state index < -0.39 is 58.4 Å². The number of fused-ring (bicyclic) bond motifs is 1. The number of nitrogens with one attached hydrogen (secondary N) is 1. The van der Waals surface area contributed by atoms with E-state index >= 15 is 0 Å². The fraction of sp³-hybridized carbons (Fsp3) is 0.333. The number of carbonyl (C=O) groups excluding carboxylic acids is 6. The molecule has 0 spiro atoms. The van der Waals surface area contributed by atoms with Crippen LogP contribution in [0.4, 0.5) is 30.2 Å². The molecule has 0 bridgehead atoms. The highest BCUT2D eigenvalue weighted by atomic mass is 32.1. The lowest BCUT2D eigenvalue weighted by molar-refractivity contribution is -0.138. The molecule has 4 aromatic rings. The predicted octanol–water partition coefficient (Wildman–Crippen LogP) is 6.46. The van der Waals surface area contributed by atoms with Gasteiger partial charge in [0.1, 0.15) is 23.4 Å². The summed E-state index contributed by atoms with van der Waals surface area (Å²) in [4.78, 5) is 85.5. The lowest BCUT2D eigenvalue weighted by atomic mass is 9.94. The molecule has 0 aromatic heterocycles. The predicted molar refractivity (Wildman–Crippen MR) is 238 cm³/mol. The van der Waals surface area contributed by atoms with Crippen LogP contribution in [0.15, 0.2) is 84.9 Å². The zero-order chi connectivity index (χ0) is 46.8. The van der Waals surface area contributed by atoms with Gasteiger partial charge < -0.3 is 19.4 Å². The quantitative estimate of drug-likeness (QED) is 0.153. The van der Waals surface area contributed by atoms with Crippen LogP contribution in [0.1, 0.15) is 77.8 Å². The molecule has 14 nitrogen and oxygen atoms in total. The Kier molecular flexibility index (Phi) is 11.2. The van der Waals surface area contributed by atoms with Gasteiger partial charge in [-0.1, -0.05) is 24.3 Å². The number of nitriles is 1. The summed E-state index contributed by atoms with van der Waals surface area (Å²) < 4.78 is 47.6. The number of likely N-dealkylation sites (tertiary alicyclic amines) is 1. The van der Waals surface area contributed by atoms with E-state index in [0.717, 1.165) is 38.7 Å². The number of imide groups is 2. The maximum Gasteiger partial charge on any atom is 0.417 e. The van der Waals surface area contributed by atoms with Crippen LogP contribution in [0.3, 0.4) is 0 Å². The molecule has 1 N–H and O–H groups in total. The molecule has 2 atom stereocenters. The second kappa shape index (κ2) is 16.7. The summed E-state index contributed by atoms with van der Waals surface area (Å²) >= 11 is 5.68. The molecule has 18 heteroatoms. The van der Waals surface area contributed by atoms with Gasteiger partial charge in [0, 0.05) is 49.8 Å². The molecule has 0 radical (unpaired) electrons. The van der Waals surface area contributed by atoms with Gasteiger partial charge in [-0.05, 0) is 117 Å². The van der Waals surface area contributed by atoms with Crippen LogP contribution in [0.5, 0.6) is 5.75 Å². The highest BCUT2D eigenvalue weighted by molar-refractivity contribution is 7.81. The number of anilines is 3. The van der Waals surface area contributed by atoms with Crippen molar-refractivity contribution < 1.29 is 46.7 Å². The molecular weight excluding hydrogens is 876 g/mol. The summed E-state index contributed by atoms with van der Waals surface area (Å²) in [6.45, 7) is 5.46. The number of carbonyl (C=O) groups is 6. The summed E-state index contributed by atoms with van der Waals surface area (Å²) in [7, 11) is 0. The molecule has 9 rings (SSSR count). The maximum atomic E-state index is 13.8. The number of alkyl halides is 3. The molecule has 66 heavy (non-hydrogen) atoms. The third-order valence-corrected chi connectivity index (χ3v) is 13.4. The van der Waals surface area contributed by atoms with Gasteiger partial charge in [-0.2, -0.15) is 18.4 Å². The summed E-state index contributed by atoms with van der Waals surface area (Å²) in [6.07, 6.45) is -2.97. The van der Waals surface area contributed by atoms with E-state index in [1.54, 1.807) is 55.1 Å². The van der Waals surface area contributed by atoms with E-state index in [2.05, 4.69) is 10.2 Å². The van der Waals surface area contributed by atoms with Crippen molar-refractivity contribution in [2.75, 3.05) is 40.9 Å². The first-order valence-corrected chi connectivity index (χ1v) is 21.9. The van der Waals surface area contributed by atoms with Crippen molar-refractivity contribution in [3.05, 3.63) is 107 Å². The molecule has 5 aliphatic rings. The molecule has 5 aliphatic heterocycles. The summed E-state index contributed by atoms with van der Waals surface area (Å²) in [6, 6.07) is 23.5. The zero-order valence-electron chi connectivity index (χ0n) is 35.8. The molecule has 6 amide bonds. The minimum atomic E-state index is -4.80. The third kappa shape index (κ3) is 7.80. The summed E-state index contributed by atoms with van der Waals surface area (Å²) in [5, 5.41) is 11.4. The Labute approximate surface area is 382 Å². The fourth-order valence-corrected chi connectivity index (χ4v) is 10.0. The number of benzene rings is 4. The number of hydrogen-bond acceptors (Lipinski definition) is 10. The van der Waals surface area contributed by atoms with Gasteiger partial charge >= 0.3 is 6.18 Å². The van der Waals surface area contributed by atoms with Crippen molar-refractivity contribution in [1.29, 1.82) is 5.26 Å². The Balaban J connectivity index is 0.777. The molecule has 4 aromatic carbocycles. The Morgan fingerprint density at radius 1 is 0.803 bits per heavy atom. The molecule has 4 saturated heterocycles. The summed E-state index contributed by atoms with van der Waals surface area (Å²) in [5.74, 6) is -2.17. The van der Waals surface area contributed by atoms with Gasteiger partial charge in [-0.25, -0.2) is 0 Å². The fourth-order valence-electron chi connectivity index (χ4n) is 9.50. The minimum absolute atomic E-state index is 0.00407. The van der Waals surface area contributed by atoms with E-state index in [0.29, 0.717) is 56.9 Å². The van der Waals surface area contributed by atoms with E-state index in [-0.39, 0.29) is 52.7 Å². The van der Waals surface area contributed by atoms with Gasteiger partial charge in [-0.15, -0.1) is 0 Å². The molecule has 338 valence electrons. The van der Waals surface area contributed by atoms with Crippen LogP contribution in [0, 0.1) is 17.2 Å². The number of halogens is 3. The standard InChI is InChI=1S/C48H42F3N7O7S/c1-47(2)45(64)56(33-10-5-30(25-52)38(24-33)48(49,50)51)46(66)58(47)31-8-3-27(4-9-31)28-6-12-34(13-7-28)65-35-19-22-55(26-35)42(61)29-17-20-54(21-18-29)32-11-14-36-37(23-32)44(63)57(43(36)62)39-15-16-40(59)53-41(39)60/h3-14,23-24,29,35,39H,15-22,26H2,1-2H3,(H,53,59,60)/t35-,39?/m0/s1.